The molecule has 2 amide bonds. The number of fused-ring (bicyclic) bond motifs is 5. The number of benzene rings is 1. The topological polar surface area (TPSA) is 41.1 Å². The Labute approximate surface area is 113 Å². The van der Waals surface area contributed by atoms with Crippen molar-refractivity contribution in [1.82, 2.24) is 10.6 Å². The summed E-state index contributed by atoms with van der Waals surface area (Å²) in [6.07, 6.45) is 4.23. The lowest BCUT2D eigenvalue weighted by Gasteiger charge is -2.11. The highest BCUT2D eigenvalue weighted by molar-refractivity contribution is 5.74. The van der Waals surface area contributed by atoms with Gasteiger partial charge in [-0.25, -0.2) is 4.79 Å². The first kappa shape index (κ1) is 11.3. The van der Waals surface area contributed by atoms with E-state index in [-0.39, 0.29) is 6.03 Å². The quantitative estimate of drug-likeness (QED) is 0.857. The molecule has 0 aliphatic heterocycles. The predicted molar refractivity (Wildman–Crippen MR) is 73.4 cm³/mol. The van der Waals surface area contributed by atoms with Crippen LogP contribution in [0.1, 0.15) is 24.8 Å². The zero-order chi connectivity index (χ0) is 12.8. The first-order chi connectivity index (χ1) is 9.33. The van der Waals surface area contributed by atoms with Crippen LogP contribution >= 0.6 is 0 Å². The molecule has 0 heterocycles. The summed E-state index contributed by atoms with van der Waals surface area (Å²) in [6, 6.07) is 10.5. The minimum atomic E-state index is 0.00246. The number of hydrogen-bond acceptors (Lipinski definition) is 1. The average Bonchev–Trinajstić information content (AvgIpc) is 2.85. The SMILES string of the molecule is O=C(NCc1ccccc1)NC1C2C3CCC(C3)C12. The van der Waals surface area contributed by atoms with Crippen molar-refractivity contribution < 1.29 is 4.79 Å². The van der Waals surface area contributed by atoms with Crippen molar-refractivity contribution in [3.63, 3.8) is 0 Å². The number of amides is 2. The molecule has 100 valence electrons. The number of carbonyl (C=O) groups is 1. The molecule has 3 aliphatic rings. The van der Waals surface area contributed by atoms with Gasteiger partial charge >= 0.3 is 6.03 Å². The Kier molecular flexibility index (Phi) is 2.54. The van der Waals surface area contributed by atoms with Crippen molar-refractivity contribution in [2.45, 2.75) is 31.8 Å². The van der Waals surface area contributed by atoms with E-state index < -0.39 is 0 Å². The summed E-state index contributed by atoms with van der Waals surface area (Å²) in [5.74, 6) is 3.44. The summed E-state index contributed by atoms with van der Waals surface area (Å²) in [6.45, 7) is 0.613. The molecule has 4 unspecified atom stereocenters. The monoisotopic (exact) mass is 256 g/mol. The zero-order valence-corrected chi connectivity index (χ0v) is 11.0. The van der Waals surface area contributed by atoms with E-state index in [0.29, 0.717) is 12.6 Å². The van der Waals surface area contributed by atoms with Crippen molar-refractivity contribution in [3.8, 4) is 0 Å². The number of rotatable bonds is 3. The van der Waals surface area contributed by atoms with Crippen molar-refractivity contribution in [2.75, 3.05) is 0 Å². The Bertz CT molecular complexity index is 471. The fraction of sp³-hybridized carbons (Fsp3) is 0.562. The summed E-state index contributed by atoms with van der Waals surface area (Å²) < 4.78 is 0. The second kappa shape index (κ2) is 4.26. The third kappa shape index (κ3) is 1.92. The van der Waals surface area contributed by atoms with Crippen molar-refractivity contribution in [3.05, 3.63) is 35.9 Å². The first-order valence-corrected chi connectivity index (χ1v) is 7.41. The maximum Gasteiger partial charge on any atom is 0.315 e. The Morgan fingerprint density at radius 1 is 1.11 bits per heavy atom. The lowest BCUT2D eigenvalue weighted by atomic mass is 10.0. The number of hydrogen-bond donors (Lipinski definition) is 2. The molecule has 0 spiro atoms. The lowest BCUT2D eigenvalue weighted by molar-refractivity contribution is 0.238. The summed E-state index contributed by atoms with van der Waals surface area (Å²) in [5.41, 5.74) is 1.15. The van der Waals surface area contributed by atoms with Crippen molar-refractivity contribution in [2.24, 2.45) is 23.7 Å². The molecule has 4 atom stereocenters. The highest BCUT2D eigenvalue weighted by Gasteiger charge is 2.65. The third-order valence-electron chi connectivity index (χ3n) is 5.33. The van der Waals surface area contributed by atoms with Gasteiger partial charge in [-0.1, -0.05) is 30.3 Å². The Morgan fingerprint density at radius 2 is 1.79 bits per heavy atom. The molecule has 0 aromatic heterocycles. The highest BCUT2D eigenvalue weighted by atomic mass is 16.2. The van der Waals surface area contributed by atoms with Crippen LogP contribution in [-0.4, -0.2) is 12.1 Å². The van der Waals surface area contributed by atoms with Gasteiger partial charge in [-0.05, 0) is 48.5 Å². The molecule has 3 nitrogen and oxygen atoms in total. The average molecular weight is 256 g/mol. The third-order valence-corrected chi connectivity index (χ3v) is 5.33. The van der Waals surface area contributed by atoms with Crippen LogP contribution in [0.5, 0.6) is 0 Å². The van der Waals surface area contributed by atoms with Gasteiger partial charge in [-0.2, -0.15) is 0 Å². The largest absolute Gasteiger partial charge is 0.335 e. The molecule has 0 saturated heterocycles. The van der Waals surface area contributed by atoms with Crippen LogP contribution in [0.3, 0.4) is 0 Å². The van der Waals surface area contributed by atoms with Crippen LogP contribution in [-0.2, 0) is 6.54 Å². The highest BCUT2D eigenvalue weighted by Crippen LogP contribution is 2.65. The maximum absolute atomic E-state index is 11.9. The molecule has 2 N–H and O–H groups in total. The van der Waals surface area contributed by atoms with Crippen molar-refractivity contribution in [1.29, 1.82) is 0 Å². The fourth-order valence-corrected chi connectivity index (χ4v) is 4.50. The Hall–Kier alpha value is -1.51. The van der Waals surface area contributed by atoms with Gasteiger partial charge in [0.05, 0.1) is 0 Å². The van der Waals surface area contributed by atoms with Gasteiger partial charge in [0.1, 0.15) is 0 Å². The van der Waals surface area contributed by atoms with E-state index in [1.165, 1.54) is 19.3 Å². The number of nitrogens with one attached hydrogen (secondary N) is 2. The van der Waals surface area contributed by atoms with Gasteiger partial charge in [0.25, 0.3) is 0 Å². The molecular formula is C16H20N2O. The van der Waals surface area contributed by atoms with E-state index in [2.05, 4.69) is 10.6 Å². The summed E-state index contributed by atoms with van der Waals surface area (Å²) >= 11 is 0. The predicted octanol–water partition coefficient (Wildman–Crippen LogP) is 2.53. The van der Waals surface area contributed by atoms with Crippen LogP contribution in [0.2, 0.25) is 0 Å². The van der Waals surface area contributed by atoms with Gasteiger partial charge in [0.2, 0.25) is 0 Å². The second-order valence-electron chi connectivity index (χ2n) is 6.33. The standard InChI is InChI=1S/C16H20N2O/c19-16(17-9-10-4-2-1-3-5-10)18-15-13-11-6-7-12(8-11)14(13)15/h1-5,11-15H,6-9H2,(H2,17,18,19). The van der Waals surface area contributed by atoms with Gasteiger partial charge in [0, 0.05) is 12.6 Å². The molecule has 3 fully saturated rings. The zero-order valence-electron chi connectivity index (χ0n) is 11.0. The van der Waals surface area contributed by atoms with E-state index in [1.807, 2.05) is 30.3 Å². The molecule has 4 rings (SSSR count). The molecule has 2 bridgehead atoms. The minimum absolute atomic E-state index is 0.00246. The molecule has 19 heavy (non-hydrogen) atoms. The van der Waals surface area contributed by atoms with Gasteiger partial charge < -0.3 is 10.6 Å². The number of carbonyl (C=O) groups excluding carboxylic acids is 1. The molecule has 0 radical (unpaired) electrons. The van der Waals surface area contributed by atoms with Crippen LogP contribution in [0.25, 0.3) is 0 Å². The Balaban J connectivity index is 1.27. The van der Waals surface area contributed by atoms with Crippen molar-refractivity contribution >= 4 is 6.03 Å². The number of urea groups is 1. The molecule has 3 saturated carbocycles. The fourth-order valence-electron chi connectivity index (χ4n) is 4.50. The van der Waals surface area contributed by atoms with E-state index in [4.69, 9.17) is 0 Å². The van der Waals surface area contributed by atoms with E-state index >= 15 is 0 Å². The van der Waals surface area contributed by atoms with Gasteiger partial charge in [-0.3, -0.25) is 0 Å². The van der Waals surface area contributed by atoms with E-state index in [9.17, 15) is 4.79 Å². The van der Waals surface area contributed by atoms with E-state index in [1.54, 1.807) is 0 Å². The maximum atomic E-state index is 11.9. The van der Waals surface area contributed by atoms with Crippen LogP contribution < -0.4 is 10.6 Å². The second-order valence-corrected chi connectivity index (χ2v) is 6.33. The molecule has 3 aliphatic carbocycles. The first-order valence-electron chi connectivity index (χ1n) is 7.41. The minimum Gasteiger partial charge on any atom is -0.335 e. The van der Waals surface area contributed by atoms with Crippen LogP contribution in [0.4, 0.5) is 4.79 Å². The molecular weight excluding hydrogens is 236 g/mol. The van der Waals surface area contributed by atoms with Crippen LogP contribution in [0, 0.1) is 23.7 Å². The smallest absolute Gasteiger partial charge is 0.315 e. The lowest BCUT2D eigenvalue weighted by Crippen LogP contribution is -2.38. The molecule has 3 heteroatoms. The summed E-state index contributed by atoms with van der Waals surface area (Å²) in [5, 5.41) is 6.14. The normalized spacial score (nSPS) is 37.8. The van der Waals surface area contributed by atoms with Crippen LogP contribution in [0.15, 0.2) is 30.3 Å². The molecule has 1 aromatic carbocycles. The summed E-state index contributed by atoms with van der Waals surface area (Å²) in [4.78, 5) is 11.9. The molecule has 1 aromatic rings. The van der Waals surface area contributed by atoms with Gasteiger partial charge in [-0.15, -0.1) is 0 Å². The van der Waals surface area contributed by atoms with E-state index in [0.717, 1.165) is 29.2 Å². The summed E-state index contributed by atoms with van der Waals surface area (Å²) in [7, 11) is 0. The Morgan fingerprint density at radius 3 is 2.47 bits per heavy atom. The van der Waals surface area contributed by atoms with Gasteiger partial charge in [0.15, 0.2) is 0 Å².